The lowest BCUT2D eigenvalue weighted by atomic mass is 10.0. The second kappa shape index (κ2) is 6.40. The van der Waals surface area contributed by atoms with Crippen LogP contribution in [0.3, 0.4) is 0 Å². The molecule has 0 saturated carbocycles. The quantitative estimate of drug-likeness (QED) is 0.623. The van der Waals surface area contributed by atoms with Crippen LogP contribution < -0.4 is 10.6 Å². The van der Waals surface area contributed by atoms with Crippen molar-refractivity contribution in [3.8, 4) is 6.07 Å². The summed E-state index contributed by atoms with van der Waals surface area (Å²) in [5, 5.41) is 13.0. The summed E-state index contributed by atoms with van der Waals surface area (Å²) in [5.41, 5.74) is 1.57. The van der Waals surface area contributed by atoms with Crippen LogP contribution in [0.15, 0.2) is 24.3 Å². The van der Waals surface area contributed by atoms with E-state index in [-0.39, 0.29) is 12.5 Å². The summed E-state index contributed by atoms with van der Waals surface area (Å²) < 4.78 is 0. The predicted molar refractivity (Wildman–Crippen MR) is 67.8 cm³/mol. The van der Waals surface area contributed by atoms with Crippen molar-refractivity contribution in [2.75, 3.05) is 11.9 Å². The first-order valence-corrected chi connectivity index (χ1v) is 5.61. The Balaban J connectivity index is 2.76. The van der Waals surface area contributed by atoms with E-state index in [1.54, 1.807) is 18.2 Å². The summed E-state index contributed by atoms with van der Waals surface area (Å²) in [4.78, 5) is 22.9. The first-order chi connectivity index (χ1) is 8.56. The summed E-state index contributed by atoms with van der Waals surface area (Å²) in [6, 6.07) is 9.03. The van der Waals surface area contributed by atoms with Gasteiger partial charge in [0.25, 0.3) is 0 Å². The average Bonchev–Trinajstić information content (AvgIpc) is 2.36. The molecule has 1 rings (SSSR count). The normalized spacial score (nSPS) is 9.67. The predicted octanol–water partition coefficient (Wildman–Crippen LogP) is 1.39. The molecular formula is C13H15N3O2. The molecule has 2 N–H and O–H groups in total. The van der Waals surface area contributed by atoms with Crippen molar-refractivity contribution >= 4 is 17.5 Å². The minimum Gasteiger partial charge on any atom is -0.335 e. The molecule has 0 bridgehead atoms. The van der Waals surface area contributed by atoms with Crippen LogP contribution in [0.1, 0.15) is 25.3 Å². The zero-order valence-corrected chi connectivity index (χ0v) is 10.4. The van der Waals surface area contributed by atoms with Gasteiger partial charge in [0.2, 0.25) is 0 Å². The highest BCUT2D eigenvalue weighted by Crippen LogP contribution is 2.23. The highest BCUT2D eigenvalue weighted by Gasteiger charge is 2.15. The fourth-order valence-electron chi connectivity index (χ4n) is 1.49. The van der Waals surface area contributed by atoms with Crippen molar-refractivity contribution in [2.45, 2.75) is 19.8 Å². The third kappa shape index (κ3) is 3.59. The molecule has 1 aromatic carbocycles. The molecule has 0 saturated heterocycles. The average molecular weight is 245 g/mol. The Kier molecular flexibility index (Phi) is 4.88. The van der Waals surface area contributed by atoms with Crippen LogP contribution in [0.5, 0.6) is 0 Å². The maximum absolute atomic E-state index is 11.6. The second-order valence-corrected chi connectivity index (χ2v) is 4.04. The Labute approximate surface area is 106 Å². The molecule has 0 spiro atoms. The number of rotatable bonds is 3. The van der Waals surface area contributed by atoms with Gasteiger partial charge in [0.15, 0.2) is 0 Å². The molecule has 0 atom stereocenters. The fraction of sp³-hybridized carbons (Fsp3) is 0.308. The molecule has 0 aliphatic rings. The molecule has 0 aliphatic heterocycles. The SMILES string of the molecule is CC(C)c1ccccc1NC(=O)C(=O)NCC#N. The van der Waals surface area contributed by atoms with Crippen LogP contribution in [0.4, 0.5) is 5.69 Å². The van der Waals surface area contributed by atoms with E-state index in [0.717, 1.165) is 5.56 Å². The second-order valence-electron chi connectivity index (χ2n) is 4.04. The Morgan fingerprint density at radius 2 is 1.94 bits per heavy atom. The summed E-state index contributed by atoms with van der Waals surface area (Å²) in [7, 11) is 0. The van der Waals surface area contributed by atoms with E-state index < -0.39 is 11.8 Å². The van der Waals surface area contributed by atoms with Crippen molar-refractivity contribution < 1.29 is 9.59 Å². The Morgan fingerprint density at radius 1 is 1.28 bits per heavy atom. The van der Waals surface area contributed by atoms with E-state index in [9.17, 15) is 9.59 Å². The van der Waals surface area contributed by atoms with Gasteiger partial charge in [-0.15, -0.1) is 0 Å². The van der Waals surface area contributed by atoms with Crippen LogP contribution in [0.25, 0.3) is 0 Å². The number of nitriles is 1. The first-order valence-electron chi connectivity index (χ1n) is 5.61. The highest BCUT2D eigenvalue weighted by atomic mass is 16.2. The molecule has 0 aromatic heterocycles. The molecule has 0 unspecified atom stereocenters. The monoisotopic (exact) mass is 245 g/mol. The molecule has 0 aliphatic carbocycles. The Bertz CT molecular complexity index is 489. The number of carbonyl (C=O) groups excluding carboxylic acids is 2. The largest absolute Gasteiger partial charge is 0.335 e. The minimum absolute atomic E-state index is 0.182. The number of amides is 2. The number of nitrogens with zero attached hydrogens (tertiary/aromatic N) is 1. The van der Waals surface area contributed by atoms with Gasteiger partial charge in [-0.3, -0.25) is 9.59 Å². The van der Waals surface area contributed by atoms with Gasteiger partial charge in [-0.1, -0.05) is 32.0 Å². The standard InChI is InChI=1S/C13H15N3O2/c1-9(2)10-5-3-4-6-11(10)16-13(18)12(17)15-8-7-14/h3-6,9H,8H2,1-2H3,(H,15,17)(H,16,18). The summed E-state index contributed by atoms with van der Waals surface area (Å²) in [5.74, 6) is -1.34. The van der Waals surface area contributed by atoms with E-state index >= 15 is 0 Å². The lowest BCUT2D eigenvalue weighted by molar-refractivity contribution is -0.136. The van der Waals surface area contributed by atoms with E-state index in [1.807, 2.05) is 26.0 Å². The van der Waals surface area contributed by atoms with E-state index in [2.05, 4.69) is 10.6 Å². The third-order valence-electron chi connectivity index (χ3n) is 2.37. The van der Waals surface area contributed by atoms with Gasteiger partial charge in [-0.25, -0.2) is 0 Å². The molecule has 18 heavy (non-hydrogen) atoms. The highest BCUT2D eigenvalue weighted by molar-refractivity contribution is 6.39. The fourth-order valence-corrected chi connectivity index (χ4v) is 1.49. The molecule has 0 heterocycles. The molecular weight excluding hydrogens is 230 g/mol. The van der Waals surface area contributed by atoms with Crippen LogP contribution >= 0.6 is 0 Å². The summed E-state index contributed by atoms with van der Waals surface area (Å²) in [6.45, 7) is 3.82. The number of nitrogens with one attached hydrogen (secondary N) is 2. The van der Waals surface area contributed by atoms with Crippen molar-refractivity contribution in [3.63, 3.8) is 0 Å². The number of hydrogen-bond donors (Lipinski definition) is 2. The van der Waals surface area contributed by atoms with Crippen molar-refractivity contribution in [3.05, 3.63) is 29.8 Å². The van der Waals surface area contributed by atoms with Crippen LogP contribution in [0.2, 0.25) is 0 Å². The van der Waals surface area contributed by atoms with Gasteiger partial charge in [0.05, 0.1) is 6.07 Å². The number of para-hydroxylation sites is 1. The van der Waals surface area contributed by atoms with Crippen LogP contribution in [0, 0.1) is 11.3 Å². The van der Waals surface area contributed by atoms with Crippen molar-refractivity contribution in [2.24, 2.45) is 0 Å². The van der Waals surface area contributed by atoms with Crippen molar-refractivity contribution in [1.82, 2.24) is 5.32 Å². The summed E-state index contributed by atoms with van der Waals surface area (Å²) >= 11 is 0. The van der Waals surface area contributed by atoms with Gasteiger partial charge >= 0.3 is 11.8 Å². The van der Waals surface area contributed by atoms with E-state index in [1.165, 1.54) is 0 Å². The van der Waals surface area contributed by atoms with E-state index in [4.69, 9.17) is 5.26 Å². The number of carbonyl (C=O) groups is 2. The Morgan fingerprint density at radius 3 is 2.56 bits per heavy atom. The van der Waals surface area contributed by atoms with Gasteiger partial charge in [-0.2, -0.15) is 5.26 Å². The maximum Gasteiger partial charge on any atom is 0.313 e. The van der Waals surface area contributed by atoms with Crippen LogP contribution in [-0.2, 0) is 9.59 Å². The molecule has 94 valence electrons. The van der Waals surface area contributed by atoms with Gasteiger partial charge in [0.1, 0.15) is 6.54 Å². The molecule has 2 amide bonds. The Hall–Kier alpha value is -2.35. The van der Waals surface area contributed by atoms with Gasteiger partial charge in [0, 0.05) is 5.69 Å². The number of benzene rings is 1. The van der Waals surface area contributed by atoms with Crippen molar-refractivity contribution in [1.29, 1.82) is 5.26 Å². The lowest BCUT2D eigenvalue weighted by Gasteiger charge is -2.13. The topological polar surface area (TPSA) is 82.0 Å². The number of hydrogen-bond acceptors (Lipinski definition) is 3. The van der Waals surface area contributed by atoms with Crippen LogP contribution in [-0.4, -0.2) is 18.4 Å². The van der Waals surface area contributed by atoms with E-state index in [0.29, 0.717) is 5.69 Å². The molecule has 5 heteroatoms. The smallest absolute Gasteiger partial charge is 0.313 e. The maximum atomic E-state index is 11.6. The van der Waals surface area contributed by atoms with Gasteiger partial charge < -0.3 is 10.6 Å². The number of anilines is 1. The molecule has 0 radical (unpaired) electrons. The summed E-state index contributed by atoms with van der Waals surface area (Å²) in [6.07, 6.45) is 0. The first kappa shape index (κ1) is 13.7. The molecule has 1 aromatic rings. The molecule has 5 nitrogen and oxygen atoms in total. The van der Waals surface area contributed by atoms with Gasteiger partial charge in [-0.05, 0) is 17.5 Å². The molecule has 0 fully saturated rings. The third-order valence-corrected chi connectivity index (χ3v) is 2.37. The zero-order valence-electron chi connectivity index (χ0n) is 10.4. The zero-order chi connectivity index (χ0) is 13.5. The minimum atomic E-state index is -0.810. The lowest BCUT2D eigenvalue weighted by Crippen LogP contribution is -2.35.